The van der Waals surface area contributed by atoms with Gasteiger partial charge in [-0.3, -0.25) is 0 Å². The Balaban J connectivity index is 1.99. The first kappa shape index (κ1) is 14.8. The summed E-state index contributed by atoms with van der Waals surface area (Å²) in [5.74, 6) is 0. The average molecular weight is 277 g/mol. The molecule has 1 aromatic heterocycles. The van der Waals surface area contributed by atoms with Gasteiger partial charge in [-0.1, -0.05) is 75.1 Å². The van der Waals surface area contributed by atoms with E-state index in [0.29, 0.717) is 10.3 Å². The standard InChI is InChI=1S/C13H22Cl2N2/c1-2-3-4-5-6-7-8-9-10-17-11-16-12(14)13(17)15/h11H,2-10H2,1H3. The number of aryl methyl sites for hydroxylation is 1. The lowest BCUT2D eigenvalue weighted by Crippen LogP contribution is -1.96. The lowest BCUT2D eigenvalue weighted by atomic mass is 10.1. The maximum Gasteiger partial charge on any atom is 0.166 e. The Morgan fingerprint density at radius 2 is 1.59 bits per heavy atom. The minimum atomic E-state index is 0.409. The van der Waals surface area contributed by atoms with Crippen LogP contribution >= 0.6 is 23.2 Å². The molecule has 4 heteroatoms. The third-order valence-electron chi connectivity index (χ3n) is 2.99. The molecule has 0 saturated carbocycles. The molecule has 0 aliphatic carbocycles. The van der Waals surface area contributed by atoms with Crippen molar-refractivity contribution in [1.29, 1.82) is 0 Å². The van der Waals surface area contributed by atoms with Crippen molar-refractivity contribution in [1.82, 2.24) is 9.55 Å². The highest BCUT2D eigenvalue weighted by Gasteiger charge is 2.04. The largest absolute Gasteiger partial charge is 0.320 e. The number of aromatic nitrogens is 2. The number of rotatable bonds is 9. The van der Waals surface area contributed by atoms with E-state index in [1.165, 1.54) is 44.9 Å². The summed E-state index contributed by atoms with van der Waals surface area (Å²) in [6.45, 7) is 3.17. The zero-order valence-corrected chi connectivity index (χ0v) is 12.1. The van der Waals surface area contributed by atoms with E-state index in [9.17, 15) is 0 Å². The molecule has 0 saturated heterocycles. The van der Waals surface area contributed by atoms with E-state index in [1.807, 2.05) is 4.57 Å². The van der Waals surface area contributed by atoms with Crippen LogP contribution < -0.4 is 0 Å². The summed E-state index contributed by atoms with van der Waals surface area (Å²) in [5.41, 5.74) is 0. The van der Waals surface area contributed by atoms with Gasteiger partial charge in [0.05, 0.1) is 6.33 Å². The molecule has 0 N–H and O–H groups in total. The van der Waals surface area contributed by atoms with Crippen LogP contribution in [0.25, 0.3) is 0 Å². The van der Waals surface area contributed by atoms with Crippen LogP contribution in [-0.2, 0) is 6.54 Å². The highest BCUT2D eigenvalue weighted by atomic mass is 35.5. The van der Waals surface area contributed by atoms with E-state index in [4.69, 9.17) is 23.2 Å². The first-order valence-corrected chi connectivity index (χ1v) is 7.37. The second-order valence-corrected chi connectivity index (χ2v) is 5.21. The Kier molecular flexibility index (Phi) is 7.70. The number of hydrogen-bond acceptors (Lipinski definition) is 1. The van der Waals surface area contributed by atoms with E-state index in [0.717, 1.165) is 13.0 Å². The molecule has 0 aromatic carbocycles. The van der Waals surface area contributed by atoms with E-state index >= 15 is 0 Å². The SMILES string of the molecule is CCCCCCCCCCn1cnc(Cl)c1Cl. The fourth-order valence-corrected chi connectivity index (χ4v) is 2.24. The molecular formula is C13H22Cl2N2. The first-order chi connectivity index (χ1) is 8.25. The van der Waals surface area contributed by atoms with E-state index < -0.39 is 0 Å². The molecule has 0 fully saturated rings. The van der Waals surface area contributed by atoms with Gasteiger partial charge in [-0.25, -0.2) is 4.98 Å². The van der Waals surface area contributed by atoms with Crippen LogP contribution in [0.1, 0.15) is 58.3 Å². The van der Waals surface area contributed by atoms with Crippen molar-refractivity contribution in [3.05, 3.63) is 16.6 Å². The normalized spacial score (nSPS) is 11.0. The quantitative estimate of drug-likeness (QED) is 0.558. The first-order valence-electron chi connectivity index (χ1n) is 6.61. The Bertz CT molecular complexity index is 310. The predicted octanol–water partition coefficient (Wildman–Crippen LogP) is 5.33. The van der Waals surface area contributed by atoms with Crippen molar-refractivity contribution in [3.8, 4) is 0 Å². The van der Waals surface area contributed by atoms with Crippen molar-refractivity contribution < 1.29 is 0 Å². The molecule has 0 unspecified atom stereocenters. The van der Waals surface area contributed by atoms with Gasteiger partial charge < -0.3 is 4.57 Å². The fourth-order valence-electron chi connectivity index (χ4n) is 1.91. The molecule has 0 radical (unpaired) electrons. The lowest BCUT2D eigenvalue weighted by molar-refractivity contribution is 0.544. The third-order valence-corrected chi connectivity index (χ3v) is 3.75. The van der Waals surface area contributed by atoms with E-state index in [1.54, 1.807) is 6.33 Å². The maximum atomic E-state index is 5.97. The van der Waals surface area contributed by atoms with Gasteiger partial charge in [0.1, 0.15) is 5.15 Å². The van der Waals surface area contributed by atoms with Gasteiger partial charge in [0.25, 0.3) is 0 Å². The van der Waals surface area contributed by atoms with Gasteiger partial charge in [0.2, 0.25) is 0 Å². The number of halogens is 2. The summed E-state index contributed by atoms with van der Waals surface area (Å²) in [4.78, 5) is 3.96. The number of hydrogen-bond donors (Lipinski definition) is 0. The van der Waals surface area contributed by atoms with Gasteiger partial charge >= 0.3 is 0 Å². The molecule has 0 bridgehead atoms. The summed E-state index contributed by atoms with van der Waals surface area (Å²) in [6.07, 6.45) is 12.3. The number of imidazole rings is 1. The molecule has 1 heterocycles. The molecule has 17 heavy (non-hydrogen) atoms. The second kappa shape index (κ2) is 8.82. The maximum absolute atomic E-state index is 5.97. The molecule has 0 amide bonds. The van der Waals surface area contributed by atoms with E-state index in [-0.39, 0.29) is 0 Å². The number of nitrogens with zero attached hydrogens (tertiary/aromatic N) is 2. The Morgan fingerprint density at radius 3 is 2.12 bits per heavy atom. The van der Waals surface area contributed by atoms with Crippen molar-refractivity contribution in [2.75, 3.05) is 0 Å². The van der Waals surface area contributed by atoms with Crippen molar-refractivity contribution in [2.45, 2.75) is 64.8 Å². The van der Waals surface area contributed by atoms with Crippen LogP contribution in [0.2, 0.25) is 10.3 Å². The minimum absolute atomic E-state index is 0.409. The summed E-state index contributed by atoms with van der Waals surface area (Å²) >= 11 is 11.8. The second-order valence-electron chi connectivity index (χ2n) is 4.49. The summed E-state index contributed by atoms with van der Waals surface area (Å²) in [5, 5.41) is 0.973. The third kappa shape index (κ3) is 5.78. The molecule has 0 atom stereocenters. The van der Waals surface area contributed by atoms with Crippen molar-refractivity contribution >= 4 is 23.2 Å². The van der Waals surface area contributed by atoms with E-state index in [2.05, 4.69) is 11.9 Å². The molecule has 0 spiro atoms. The monoisotopic (exact) mass is 276 g/mol. The van der Waals surface area contributed by atoms with Gasteiger partial charge in [-0.05, 0) is 6.42 Å². The molecule has 98 valence electrons. The van der Waals surface area contributed by atoms with Gasteiger partial charge in [-0.15, -0.1) is 0 Å². The Hall–Kier alpha value is -0.210. The fraction of sp³-hybridized carbons (Fsp3) is 0.769. The summed E-state index contributed by atoms with van der Waals surface area (Å²) in [6, 6.07) is 0. The number of unbranched alkanes of at least 4 members (excludes halogenated alkanes) is 7. The van der Waals surface area contributed by atoms with Crippen LogP contribution in [-0.4, -0.2) is 9.55 Å². The molecule has 1 rings (SSSR count). The highest BCUT2D eigenvalue weighted by molar-refractivity contribution is 6.40. The molecule has 0 aliphatic heterocycles. The Morgan fingerprint density at radius 1 is 1.00 bits per heavy atom. The van der Waals surface area contributed by atoms with Gasteiger partial charge in [-0.2, -0.15) is 0 Å². The molecule has 1 aromatic rings. The van der Waals surface area contributed by atoms with Crippen LogP contribution in [0.15, 0.2) is 6.33 Å². The molecular weight excluding hydrogens is 255 g/mol. The zero-order chi connectivity index (χ0) is 12.5. The minimum Gasteiger partial charge on any atom is -0.320 e. The molecule has 2 nitrogen and oxygen atoms in total. The predicted molar refractivity (Wildman–Crippen MR) is 74.9 cm³/mol. The van der Waals surface area contributed by atoms with Crippen LogP contribution in [0.4, 0.5) is 0 Å². The average Bonchev–Trinajstić information content (AvgIpc) is 2.64. The zero-order valence-electron chi connectivity index (χ0n) is 10.6. The summed E-state index contributed by atoms with van der Waals surface area (Å²) in [7, 11) is 0. The van der Waals surface area contributed by atoms with Crippen molar-refractivity contribution in [2.24, 2.45) is 0 Å². The molecule has 0 aliphatic rings. The highest BCUT2D eigenvalue weighted by Crippen LogP contribution is 2.20. The topological polar surface area (TPSA) is 17.8 Å². The van der Waals surface area contributed by atoms with Crippen LogP contribution in [0, 0.1) is 0 Å². The van der Waals surface area contributed by atoms with Crippen LogP contribution in [0.5, 0.6) is 0 Å². The summed E-state index contributed by atoms with van der Waals surface area (Å²) < 4.78 is 1.92. The van der Waals surface area contributed by atoms with Gasteiger partial charge in [0, 0.05) is 6.54 Å². The van der Waals surface area contributed by atoms with Crippen molar-refractivity contribution in [3.63, 3.8) is 0 Å². The lowest BCUT2D eigenvalue weighted by Gasteiger charge is -2.04. The smallest absolute Gasteiger partial charge is 0.166 e. The Labute approximate surface area is 114 Å². The van der Waals surface area contributed by atoms with Gasteiger partial charge in [0.15, 0.2) is 5.15 Å². The van der Waals surface area contributed by atoms with Crippen LogP contribution in [0.3, 0.4) is 0 Å².